The minimum Gasteiger partial charge on any atom is -0.354 e. The summed E-state index contributed by atoms with van der Waals surface area (Å²) in [5.41, 5.74) is 7.24. The highest BCUT2D eigenvalue weighted by Gasteiger charge is 2.35. The number of carbonyl (C=O) groups excluding carboxylic acids is 3. The Morgan fingerprint density at radius 1 is 0.979 bits per heavy atom. The first kappa shape index (κ1) is 35.8. The molecular weight excluding hydrogens is 593 g/mol. The Morgan fingerprint density at radius 2 is 1.64 bits per heavy atom. The molecule has 3 N–H and O–H groups in total. The van der Waals surface area contributed by atoms with Crippen molar-refractivity contribution in [2.24, 2.45) is 5.73 Å². The van der Waals surface area contributed by atoms with Gasteiger partial charge in [0, 0.05) is 45.1 Å². The fourth-order valence-electron chi connectivity index (χ4n) is 6.18. The third-order valence-electron chi connectivity index (χ3n) is 9.16. The molecular formula is C38H50FN5O3. The van der Waals surface area contributed by atoms with Crippen molar-refractivity contribution in [1.29, 1.82) is 0 Å². The van der Waals surface area contributed by atoms with E-state index in [9.17, 15) is 18.8 Å². The van der Waals surface area contributed by atoms with Crippen molar-refractivity contribution < 1.29 is 18.8 Å². The van der Waals surface area contributed by atoms with Crippen molar-refractivity contribution in [2.75, 3.05) is 34.2 Å². The second-order valence-corrected chi connectivity index (χ2v) is 13.6. The van der Waals surface area contributed by atoms with Crippen LogP contribution in [0.3, 0.4) is 0 Å². The maximum Gasteiger partial charge on any atom is 0.246 e. The number of nitrogens with zero attached hydrogens (tertiary/aromatic N) is 3. The molecule has 1 aliphatic heterocycles. The van der Waals surface area contributed by atoms with E-state index in [-0.39, 0.29) is 36.4 Å². The van der Waals surface area contributed by atoms with E-state index in [1.807, 2.05) is 56.3 Å². The summed E-state index contributed by atoms with van der Waals surface area (Å²) < 4.78 is 13.7. The summed E-state index contributed by atoms with van der Waals surface area (Å²) in [6.45, 7) is 5.29. The number of carbonyl (C=O) groups is 3. The van der Waals surface area contributed by atoms with Gasteiger partial charge < -0.3 is 25.8 Å². The molecule has 1 saturated heterocycles. The Balaban J connectivity index is 1.60. The highest BCUT2D eigenvalue weighted by atomic mass is 19.1. The van der Waals surface area contributed by atoms with Crippen LogP contribution in [0.25, 0.3) is 10.8 Å². The molecule has 4 rings (SSSR count). The van der Waals surface area contributed by atoms with E-state index >= 15 is 0 Å². The molecule has 1 heterocycles. The number of benzene rings is 3. The number of likely N-dealkylation sites (tertiary alicyclic amines) is 1. The first-order valence-electron chi connectivity index (χ1n) is 16.5. The second-order valence-electron chi connectivity index (χ2n) is 13.6. The highest BCUT2D eigenvalue weighted by Crippen LogP contribution is 2.21. The van der Waals surface area contributed by atoms with Crippen molar-refractivity contribution in [1.82, 2.24) is 20.0 Å². The Hall–Kier alpha value is -4.08. The lowest BCUT2D eigenvalue weighted by Gasteiger charge is -2.34. The smallest absolute Gasteiger partial charge is 0.246 e. The number of hydrogen-bond acceptors (Lipinski definition) is 5. The number of rotatable bonds is 14. The van der Waals surface area contributed by atoms with Gasteiger partial charge in [-0.3, -0.25) is 14.4 Å². The van der Waals surface area contributed by atoms with Crippen LogP contribution in [0.4, 0.5) is 4.39 Å². The molecule has 0 aromatic heterocycles. The zero-order valence-corrected chi connectivity index (χ0v) is 28.4. The van der Waals surface area contributed by atoms with Crippen LogP contribution in [0.2, 0.25) is 0 Å². The quantitative estimate of drug-likeness (QED) is 0.248. The van der Waals surface area contributed by atoms with Gasteiger partial charge in [0.2, 0.25) is 17.7 Å². The van der Waals surface area contributed by atoms with Crippen LogP contribution in [-0.4, -0.2) is 90.3 Å². The first-order valence-corrected chi connectivity index (χ1v) is 16.5. The van der Waals surface area contributed by atoms with E-state index < -0.39 is 17.6 Å². The Kier molecular flexibility index (Phi) is 12.3. The van der Waals surface area contributed by atoms with Crippen LogP contribution in [0.1, 0.15) is 50.7 Å². The van der Waals surface area contributed by atoms with Crippen LogP contribution in [0.5, 0.6) is 0 Å². The zero-order chi connectivity index (χ0) is 34.1. The third kappa shape index (κ3) is 10.2. The highest BCUT2D eigenvalue weighted by molar-refractivity contribution is 5.95. The van der Waals surface area contributed by atoms with Gasteiger partial charge in [-0.2, -0.15) is 0 Å². The number of nitrogens with one attached hydrogen (secondary N) is 1. The molecule has 1 aliphatic rings. The van der Waals surface area contributed by atoms with Crippen molar-refractivity contribution >= 4 is 28.5 Å². The maximum absolute atomic E-state index is 14.4. The van der Waals surface area contributed by atoms with Gasteiger partial charge in [0.1, 0.15) is 17.9 Å². The SMILES string of the molecule is CN1CCCC1CCNC(=O)[C@@H](Cc1ccc(F)cc1)N(C)C(=O)[C@@H](Cc1ccc2ccccc2c1)N(C)C(=O)C=CCC(C)(C)N. The van der Waals surface area contributed by atoms with Crippen LogP contribution in [-0.2, 0) is 27.2 Å². The van der Waals surface area contributed by atoms with Gasteiger partial charge in [0.25, 0.3) is 0 Å². The molecule has 0 spiro atoms. The Labute approximate surface area is 278 Å². The van der Waals surface area contributed by atoms with Gasteiger partial charge in [0.15, 0.2) is 0 Å². The maximum atomic E-state index is 14.4. The molecule has 47 heavy (non-hydrogen) atoms. The van der Waals surface area contributed by atoms with E-state index in [4.69, 9.17) is 5.73 Å². The lowest BCUT2D eigenvalue weighted by Crippen LogP contribution is -2.56. The molecule has 3 aromatic carbocycles. The average molecular weight is 644 g/mol. The minimum atomic E-state index is -0.889. The number of nitrogens with two attached hydrogens (primary N) is 1. The van der Waals surface area contributed by atoms with E-state index in [1.165, 1.54) is 28.0 Å². The van der Waals surface area contributed by atoms with Gasteiger partial charge in [-0.1, -0.05) is 60.7 Å². The molecule has 252 valence electrons. The van der Waals surface area contributed by atoms with E-state index in [0.717, 1.165) is 47.7 Å². The van der Waals surface area contributed by atoms with Gasteiger partial charge in [-0.25, -0.2) is 4.39 Å². The van der Waals surface area contributed by atoms with Crippen molar-refractivity contribution in [3.05, 3.63) is 95.8 Å². The van der Waals surface area contributed by atoms with Crippen LogP contribution in [0, 0.1) is 5.82 Å². The largest absolute Gasteiger partial charge is 0.354 e. The molecule has 3 amide bonds. The van der Waals surface area contributed by atoms with Crippen molar-refractivity contribution in [3.63, 3.8) is 0 Å². The molecule has 0 saturated carbocycles. The summed E-state index contributed by atoms with van der Waals surface area (Å²) >= 11 is 0. The molecule has 3 aromatic rings. The predicted molar refractivity (Wildman–Crippen MR) is 186 cm³/mol. The van der Waals surface area contributed by atoms with Gasteiger partial charge in [-0.15, -0.1) is 0 Å². The Morgan fingerprint density at radius 3 is 2.30 bits per heavy atom. The fourth-order valence-corrected chi connectivity index (χ4v) is 6.18. The monoisotopic (exact) mass is 643 g/mol. The molecule has 8 nitrogen and oxygen atoms in total. The summed E-state index contributed by atoms with van der Waals surface area (Å²) in [5, 5.41) is 5.17. The van der Waals surface area contributed by atoms with Crippen molar-refractivity contribution in [3.8, 4) is 0 Å². The summed E-state index contributed by atoms with van der Waals surface area (Å²) in [6.07, 6.45) is 7.18. The Bertz CT molecular complexity index is 1550. The molecule has 9 heteroatoms. The fraction of sp³-hybridized carbons (Fsp3) is 0.447. The standard InChI is InChI=1S/C38H50FN5O3/c1-38(2,40)21-8-13-35(45)43(4)34(26-28-14-17-29-10-6-7-11-30(29)24-28)37(47)44(5)33(25-27-15-18-31(39)19-16-27)36(46)41-22-20-32-12-9-23-42(32)3/h6-8,10-11,13-19,24,32-34H,9,12,20-23,25-26,40H2,1-5H3,(H,41,46)/t32?,33-,34-/m1/s1. The number of likely N-dealkylation sites (N-methyl/N-ethyl adjacent to an activating group) is 2. The number of fused-ring (bicyclic) bond motifs is 1. The van der Waals surface area contributed by atoms with E-state index in [2.05, 4.69) is 17.3 Å². The second kappa shape index (κ2) is 16.2. The zero-order valence-electron chi connectivity index (χ0n) is 28.4. The lowest BCUT2D eigenvalue weighted by molar-refractivity contribution is -0.146. The molecule has 0 aliphatic carbocycles. The summed E-state index contributed by atoms with van der Waals surface area (Å²) in [4.78, 5) is 46.9. The van der Waals surface area contributed by atoms with Crippen LogP contribution < -0.4 is 11.1 Å². The van der Waals surface area contributed by atoms with Crippen LogP contribution >= 0.6 is 0 Å². The topological polar surface area (TPSA) is 99.0 Å². The van der Waals surface area contributed by atoms with Gasteiger partial charge in [0.05, 0.1) is 0 Å². The summed E-state index contributed by atoms with van der Waals surface area (Å²) in [5.74, 6) is -1.35. The number of halogens is 1. The third-order valence-corrected chi connectivity index (χ3v) is 9.16. The summed E-state index contributed by atoms with van der Waals surface area (Å²) in [6, 6.07) is 18.6. The molecule has 1 fully saturated rings. The minimum absolute atomic E-state index is 0.198. The van der Waals surface area contributed by atoms with Gasteiger partial charge in [-0.05, 0) is 93.2 Å². The molecule has 3 atom stereocenters. The van der Waals surface area contributed by atoms with Crippen molar-refractivity contribution in [2.45, 2.75) is 76.0 Å². The predicted octanol–water partition coefficient (Wildman–Crippen LogP) is 4.70. The van der Waals surface area contributed by atoms with Gasteiger partial charge >= 0.3 is 0 Å². The lowest BCUT2D eigenvalue weighted by atomic mass is 9.98. The average Bonchev–Trinajstić information content (AvgIpc) is 3.45. The van der Waals surface area contributed by atoms with E-state index in [0.29, 0.717) is 19.0 Å². The normalized spacial score (nSPS) is 16.7. The molecule has 1 unspecified atom stereocenters. The van der Waals surface area contributed by atoms with E-state index in [1.54, 1.807) is 32.3 Å². The molecule has 0 bridgehead atoms. The van der Waals surface area contributed by atoms with Crippen LogP contribution in [0.15, 0.2) is 78.9 Å². The molecule has 0 radical (unpaired) electrons. The first-order chi connectivity index (χ1) is 22.3. The number of hydrogen-bond donors (Lipinski definition) is 2. The number of amides is 3. The summed E-state index contributed by atoms with van der Waals surface area (Å²) in [7, 11) is 5.33.